The average Bonchev–Trinajstić information content (AvgIpc) is 3.31. The van der Waals surface area contributed by atoms with E-state index in [0.717, 1.165) is 48.9 Å². The molecule has 0 unspecified atom stereocenters. The van der Waals surface area contributed by atoms with Gasteiger partial charge in [0.1, 0.15) is 0 Å². The third-order valence-electron chi connectivity index (χ3n) is 6.19. The summed E-state index contributed by atoms with van der Waals surface area (Å²) < 4.78 is 3.61. The molecule has 4 aromatic rings. The van der Waals surface area contributed by atoms with Gasteiger partial charge in [0.05, 0.1) is 21.6 Å². The molecule has 166 valence electrons. The number of benzene rings is 2. The molecule has 0 saturated carbocycles. The average molecular weight is 448 g/mol. The number of carbonyl (C=O) groups excluding carboxylic acids is 1. The van der Waals surface area contributed by atoms with Crippen LogP contribution in [0.3, 0.4) is 0 Å². The Bertz CT molecular complexity index is 1270. The van der Waals surface area contributed by atoms with Gasteiger partial charge in [-0.05, 0) is 38.5 Å². The molecule has 6 nitrogen and oxygen atoms in total. The van der Waals surface area contributed by atoms with Crippen molar-refractivity contribution < 1.29 is 4.79 Å². The summed E-state index contributed by atoms with van der Waals surface area (Å²) in [6.07, 6.45) is 0. The smallest absolute Gasteiger partial charge is 0.317 e. The molecule has 1 aliphatic heterocycles. The molecule has 32 heavy (non-hydrogen) atoms. The Morgan fingerprint density at radius 3 is 2.47 bits per heavy atom. The standard InChI is InChI=1S/C25H29N5OS/c1-4-26-24(31)29-13-11-28(12-14-29)16-21-23(19-8-5-17(2)6-9-19)27-25-30(21)20-10-7-18(3)15-22(20)32-25/h5-10,15H,4,11-14,16H2,1-3H3,(H,26,31). The second-order valence-electron chi connectivity index (χ2n) is 8.56. The molecule has 0 radical (unpaired) electrons. The molecule has 0 aliphatic carbocycles. The van der Waals surface area contributed by atoms with Crippen LogP contribution in [0.1, 0.15) is 23.7 Å². The van der Waals surface area contributed by atoms with Crippen LogP contribution in [-0.2, 0) is 6.54 Å². The maximum absolute atomic E-state index is 12.2. The van der Waals surface area contributed by atoms with Gasteiger partial charge in [-0.3, -0.25) is 9.30 Å². The van der Waals surface area contributed by atoms with Crippen LogP contribution < -0.4 is 5.32 Å². The van der Waals surface area contributed by atoms with Crippen LogP contribution in [0.2, 0.25) is 0 Å². The van der Waals surface area contributed by atoms with Crippen molar-refractivity contribution in [1.29, 1.82) is 0 Å². The van der Waals surface area contributed by atoms with Gasteiger partial charge in [0, 0.05) is 44.8 Å². The summed E-state index contributed by atoms with van der Waals surface area (Å²) in [5.74, 6) is 0. The normalized spacial score (nSPS) is 15.0. The highest BCUT2D eigenvalue weighted by Crippen LogP contribution is 2.34. The number of urea groups is 1. The van der Waals surface area contributed by atoms with Crippen LogP contribution in [0.4, 0.5) is 4.79 Å². The number of fused-ring (bicyclic) bond motifs is 3. The molecule has 3 heterocycles. The van der Waals surface area contributed by atoms with Crippen molar-refractivity contribution in [2.24, 2.45) is 0 Å². The number of imidazole rings is 1. The van der Waals surface area contributed by atoms with Crippen LogP contribution in [0.15, 0.2) is 42.5 Å². The van der Waals surface area contributed by atoms with E-state index in [4.69, 9.17) is 4.98 Å². The molecule has 5 rings (SSSR count). The molecule has 2 amide bonds. The maximum Gasteiger partial charge on any atom is 0.317 e. The van der Waals surface area contributed by atoms with Crippen LogP contribution >= 0.6 is 11.3 Å². The van der Waals surface area contributed by atoms with E-state index in [9.17, 15) is 4.79 Å². The van der Waals surface area contributed by atoms with Gasteiger partial charge in [0.2, 0.25) is 0 Å². The highest BCUT2D eigenvalue weighted by molar-refractivity contribution is 7.23. The predicted molar refractivity (Wildman–Crippen MR) is 131 cm³/mol. The van der Waals surface area contributed by atoms with Crippen molar-refractivity contribution in [1.82, 2.24) is 24.5 Å². The Hall–Kier alpha value is -2.90. The highest BCUT2D eigenvalue weighted by atomic mass is 32.1. The number of nitrogens with zero attached hydrogens (tertiary/aromatic N) is 4. The lowest BCUT2D eigenvalue weighted by Crippen LogP contribution is -2.51. The number of rotatable bonds is 4. The van der Waals surface area contributed by atoms with Gasteiger partial charge < -0.3 is 10.2 Å². The summed E-state index contributed by atoms with van der Waals surface area (Å²) in [6, 6.07) is 15.3. The van der Waals surface area contributed by atoms with Crippen molar-refractivity contribution in [3.8, 4) is 11.3 Å². The zero-order valence-corrected chi connectivity index (χ0v) is 19.7. The van der Waals surface area contributed by atoms with Crippen LogP contribution in [0.5, 0.6) is 0 Å². The largest absolute Gasteiger partial charge is 0.338 e. The summed E-state index contributed by atoms with van der Waals surface area (Å²) in [7, 11) is 0. The van der Waals surface area contributed by atoms with Crippen LogP contribution in [0.25, 0.3) is 26.4 Å². The number of piperazine rings is 1. The molecule has 1 N–H and O–H groups in total. The summed E-state index contributed by atoms with van der Waals surface area (Å²) >= 11 is 1.75. The van der Waals surface area contributed by atoms with Crippen LogP contribution in [0, 0.1) is 13.8 Å². The maximum atomic E-state index is 12.2. The first-order chi connectivity index (χ1) is 15.5. The van der Waals surface area contributed by atoms with Gasteiger partial charge in [-0.15, -0.1) is 0 Å². The van der Waals surface area contributed by atoms with Crippen molar-refractivity contribution >= 4 is 32.5 Å². The Balaban J connectivity index is 1.51. The van der Waals surface area contributed by atoms with Crippen molar-refractivity contribution in [3.05, 3.63) is 59.3 Å². The Morgan fingerprint density at radius 1 is 1.03 bits per heavy atom. The number of aryl methyl sites for hydroxylation is 2. The minimum atomic E-state index is 0.0402. The second-order valence-corrected chi connectivity index (χ2v) is 9.57. The molecule has 0 bridgehead atoms. The number of hydrogen-bond donors (Lipinski definition) is 1. The summed E-state index contributed by atoms with van der Waals surface area (Å²) in [5.41, 5.74) is 7.18. The zero-order chi connectivity index (χ0) is 22.2. The van der Waals surface area contributed by atoms with Gasteiger partial charge in [-0.1, -0.05) is 47.2 Å². The van der Waals surface area contributed by atoms with E-state index >= 15 is 0 Å². The zero-order valence-electron chi connectivity index (χ0n) is 18.9. The lowest BCUT2D eigenvalue weighted by molar-refractivity contribution is 0.135. The summed E-state index contributed by atoms with van der Waals surface area (Å²) in [4.78, 5) is 22.7. The van der Waals surface area contributed by atoms with Gasteiger partial charge in [0.25, 0.3) is 0 Å². The summed E-state index contributed by atoms with van der Waals surface area (Å²) in [6.45, 7) is 10.9. The monoisotopic (exact) mass is 447 g/mol. The highest BCUT2D eigenvalue weighted by Gasteiger charge is 2.24. The molecule has 1 aliphatic rings. The fourth-order valence-corrected chi connectivity index (χ4v) is 5.55. The Morgan fingerprint density at radius 2 is 1.75 bits per heavy atom. The Kier molecular flexibility index (Phi) is 5.61. The van der Waals surface area contributed by atoms with E-state index in [1.54, 1.807) is 11.3 Å². The third-order valence-corrected chi connectivity index (χ3v) is 7.19. The molecule has 2 aromatic heterocycles. The van der Waals surface area contributed by atoms with E-state index in [0.29, 0.717) is 6.54 Å². The van der Waals surface area contributed by atoms with Crippen LogP contribution in [-0.4, -0.2) is 57.9 Å². The number of amides is 2. The first-order valence-corrected chi connectivity index (χ1v) is 12.1. The van der Waals surface area contributed by atoms with Crippen molar-refractivity contribution in [3.63, 3.8) is 0 Å². The molecular formula is C25H29N5OS. The van der Waals surface area contributed by atoms with E-state index in [2.05, 4.69) is 70.9 Å². The molecule has 1 saturated heterocycles. The molecule has 0 atom stereocenters. The topological polar surface area (TPSA) is 52.9 Å². The van der Waals surface area contributed by atoms with Gasteiger partial charge >= 0.3 is 6.03 Å². The third kappa shape index (κ3) is 3.87. The van der Waals surface area contributed by atoms with Crippen molar-refractivity contribution in [2.45, 2.75) is 27.3 Å². The number of hydrogen-bond acceptors (Lipinski definition) is 4. The fourth-order valence-electron chi connectivity index (χ4n) is 4.41. The number of carbonyl (C=O) groups is 1. The van der Waals surface area contributed by atoms with Gasteiger partial charge in [-0.2, -0.15) is 0 Å². The van der Waals surface area contributed by atoms with Gasteiger partial charge in [0.15, 0.2) is 4.96 Å². The molecule has 0 spiro atoms. The fraction of sp³-hybridized carbons (Fsp3) is 0.360. The lowest BCUT2D eigenvalue weighted by Gasteiger charge is -2.34. The van der Waals surface area contributed by atoms with E-state index in [1.807, 2.05) is 11.8 Å². The second kappa shape index (κ2) is 8.56. The predicted octanol–water partition coefficient (Wildman–Crippen LogP) is 4.68. The summed E-state index contributed by atoms with van der Waals surface area (Å²) in [5, 5.41) is 2.91. The van der Waals surface area contributed by atoms with Gasteiger partial charge in [-0.25, -0.2) is 9.78 Å². The van der Waals surface area contributed by atoms with E-state index in [-0.39, 0.29) is 6.03 Å². The van der Waals surface area contributed by atoms with E-state index in [1.165, 1.54) is 27.0 Å². The minimum absolute atomic E-state index is 0.0402. The van der Waals surface area contributed by atoms with Crippen molar-refractivity contribution in [2.75, 3.05) is 32.7 Å². The number of aromatic nitrogens is 2. The SMILES string of the molecule is CCNC(=O)N1CCN(Cc2c(-c3ccc(C)cc3)nc3sc4cc(C)ccc4n23)CC1. The molecular weight excluding hydrogens is 418 g/mol. The minimum Gasteiger partial charge on any atom is -0.338 e. The Labute approximate surface area is 192 Å². The number of thiazole rings is 1. The molecule has 7 heteroatoms. The molecule has 1 fully saturated rings. The van der Waals surface area contributed by atoms with E-state index < -0.39 is 0 Å². The first-order valence-electron chi connectivity index (χ1n) is 11.3. The first kappa shape index (κ1) is 21.0. The lowest BCUT2D eigenvalue weighted by atomic mass is 10.1. The quantitative estimate of drug-likeness (QED) is 0.494. The number of nitrogens with one attached hydrogen (secondary N) is 1. The molecule has 2 aromatic carbocycles.